The predicted octanol–water partition coefficient (Wildman–Crippen LogP) is 3.23. The number of benzene rings is 1. The van der Waals surface area contributed by atoms with E-state index in [1.54, 1.807) is 18.2 Å². The van der Waals surface area contributed by atoms with Crippen molar-refractivity contribution in [2.45, 2.75) is 38.0 Å². The van der Waals surface area contributed by atoms with E-state index in [-0.39, 0.29) is 11.7 Å². The van der Waals surface area contributed by atoms with Crippen molar-refractivity contribution in [2.24, 2.45) is 5.92 Å². The van der Waals surface area contributed by atoms with Gasteiger partial charge < -0.3 is 10.4 Å². The fraction of sp³-hybridized carbons (Fsp3) is 0.533. The molecular weight excluding hydrogens is 262 g/mol. The van der Waals surface area contributed by atoms with Crippen molar-refractivity contribution in [3.8, 4) is 5.75 Å². The molecular formula is C15H20ClNO2. The van der Waals surface area contributed by atoms with Gasteiger partial charge in [0.2, 0.25) is 0 Å². The minimum absolute atomic E-state index is 0.0644. The monoisotopic (exact) mass is 281 g/mol. The summed E-state index contributed by atoms with van der Waals surface area (Å²) in [6.07, 6.45) is 4.26. The minimum atomic E-state index is -0.0644. The maximum Gasteiger partial charge on any atom is 0.251 e. The number of carbonyl (C=O) groups excluding carboxylic acids is 1. The van der Waals surface area contributed by atoms with Crippen molar-refractivity contribution in [3.63, 3.8) is 0 Å². The fourth-order valence-corrected chi connectivity index (χ4v) is 2.81. The summed E-state index contributed by atoms with van der Waals surface area (Å²) in [7, 11) is 0. The second kappa shape index (κ2) is 6.29. The molecule has 1 aromatic carbocycles. The summed E-state index contributed by atoms with van der Waals surface area (Å²) in [5, 5.41) is 12.6. The summed E-state index contributed by atoms with van der Waals surface area (Å²) in [5.41, 5.74) is 1.42. The van der Waals surface area contributed by atoms with Crippen LogP contribution in [0.15, 0.2) is 18.2 Å². The van der Waals surface area contributed by atoms with E-state index < -0.39 is 0 Å². The van der Waals surface area contributed by atoms with Gasteiger partial charge in [0.15, 0.2) is 0 Å². The van der Waals surface area contributed by atoms with Crippen LogP contribution in [0.25, 0.3) is 0 Å². The first-order chi connectivity index (χ1) is 9.06. The SMILES string of the molecule is Cc1cc(O)ccc1C(=O)NCC1CCC(Cl)CC1. The van der Waals surface area contributed by atoms with Gasteiger partial charge in [-0.2, -0.15) is 0 Å². The van der Waals surface area contributed by atoms with E-state index >= 15 is 0 Å². The largest absolute Gasteiger partial charge is 0.508 e. The van der Waals surface area contributed by atoms with Gasteiger partial charge >= 0.3 is 0 Å². The Morgan fingerprint density at radius 1 is 1.37 bits per heavy atom. The lowest BCUT2D eigenvalue weighted by Crippen LogP contribution is -2.31. The van der Waals surface area contributed by atoms with Gasteiger partial charge in [-0.3, -0.25) is 4.79 Å². The summed E-state index contributed by atoms with van der Waals surface area (Å²) in [6.45, 7) is 2.54. The Labute approximate surface area is 119 Å². The lowest BCUT2D eigenvalue weighted by molar-refractivity contribution is 0.0943. The van der Waals surface area contributed by atoms with Crippen LogP contribution in [-0.4, -0.2) is 22.9 Å². The van der Waals surface area contributed by atoms with Crippen molar-refractivity contribution in [3.05, 3.63) is 29.3 Å². The lowest BCUT2D eigenvalue weighted by Gasteiger charge is -2.25. The molecule has 1 saturated carbocycles. The molecule has 0 saturated heterocycles. The molecule has 0 spiro atoms. The van der Waals surface area contributed by atoms with Gasteiger partial charge in [-0.05, 0) is 62.3 Å². The van der Waals surface area contributed by atoms with Crippen LogP contribution in [-0.2, 0) is 0 Å². The van der Waals surface area contributed by atoms with Gasteiger partial charge in [-0.25, -0.2) is 0 Å². The number of hydrogen-bond acceptors (Lipinski definition) is 2. The predicted molar refractivity (Wildman–Crippen MR) is 76.8 cm³/mol. The van der Waals surface area contributed by atoms with E-state index in [9.17, 15) is 9.90 Å². The van der Waals surface area contributed by atoms with Crippen LogP contribution in [0.4, 0.5) is 0 Å². The van der Waals surface area contributed by atoms with Gasteiger partial charge in [0.25, 0.3) is 5.91 Å². The number of carbonyl (C=O) groups is 1. The molecule has 0 aliphatic heterocycles. The average Bonchev–Trinajstić information content (AvgIpc) is 2.37. The maximum atomic E-state index is 12.1. The highest BCUT2D eigenvalue weighted by Crippen LogP contribution is 2.27. The quantitative estimate of drug-likeness (QED) is 0.836. The zero-order valence-electron chi connectivity index (χ0n) is 11.2. The number of rotatable bonds is 3. The van der Waals surface area contributed by atoms with Gasteiger partial charge in [-0.15, -0.1) is 11.6 Å². The summed E-state index contributed by atoms with van der Waals surface area (Å²) in [4.78, 5) is 12.1. The summed E-state index contributed by atoms with van der Waals surface area (Å²) < 4.78 is 0. The van der Waals surface area contributed by atoms with Crippen LogP contribution in [0, 0.1) is 12.8 Å². The maximum absolute atomic E-state index is 12.1. The van der Waals surface area contributed by atoms with E-state index in [1.807, 2.05) is 6.92 Å². The smallest absolute Gasteiger partial charge is 0.251 e. The zero-order valence-corrected chi connectivity index (χ0v) is 11.9. The summed E-state index contributed by atoms with van der Waals surface area (Å²) >= 11 is 6.07. The average molecular weight is 282 g/mol. The third kappa shape index (κ3) is 3.87. The normalized spacial score (nSPS) is 23.1. The Hall–Kier alpha value is -1.22. The summed E-state index contributed by atoms with van der Waals surface area (Å²) in [5.74, 6) is 0.663. The van der Waals surface area contributed by atoms with Gasteiger partial charge in [0.1, 0.15) is 5.75 Å². The molecule has 2 N–H and O–H groups in total. The molecule has 19 heavy (non-hydrogen) atoms. The molecule has 1 aliphatic rings. The highest BCUT2D eigenvalue weighted by atomic mass is 35.5. The van der Waals surface area contributed by atoms with Crippen LogP contribution in [0.3, 0.4) is 0 Å². The lowest BCUT2D eigenvalue weighted by atomic mass is 9.89. The van der Waals surface area contributed by atoms with Gasteiger partial charge in [0.05, 0.1) is 0 Å². The van der Waals surface area contributed by atoms with E-state index in [4.69, 9.17) is 11.6 Å². The molecule has 104 valence electrons. The number of aromatic hydroxyl groups is 1. The Morgan fingerprint density at radius 3 is 2.68 bits per heavy atom. The second-order valence-electron chi connectivity index (χ2n) is 5.33. The topological polar surface area (TPSA) is 49.3 Å². The number of halogens is 1. The Balaban J connectivity index is 1.87. The molecule has 0 bridgehead atoms. The fourth-order valence-electron chi connectivity index (χ4n) is 2.56. The number of phenols is 1. The molecule has 0 unspecified atom stereocenters. The molecule has 0 radical (unpaired) electrons. The van der Waals surface area contributed by atoms with Gasteiger partial charge in [0, 0.05) is 17.5 Å². The van der Waals surface area contributed by atoms with Gasteiger partial charge in [-0.1, -0.05) is 0 Å². The Morgan fingerprint density at radius 2 is 2.05 bits per heavy atom. The molecule has 0 aromatic heterocycles. The van der Waals surface area contributed by atoms with Crippen molar-refractivity contribution in [1.29, 1.82) is 0 Å². The van der Waals surface area contributed by atoms with Crippen LogP contribution in [0.2, 0.25) is 0 Å². The van der Waals surface area contributed by atoms with Crippen LogP contribution < -0.4 is 5.32 Å². The number of nitrogens with one attached hydrogen (secondary N) is 1. The van der Waals surface area contributed by atoms with E-state index in [0.29, 0.717) is 23.4 Å². The van der Waals surface area contributed by atoms with E-state index in [2.05, 4.69) is 5.32 Å². The first-order valence-corrected chi connectivity index (χ1v) is 7.22. The van der Waals surface area contributed by atoms with Crippen LogP contribution in [0.1, 0.15) is 41.6 Å². The molecule has 2 rings (SSSR count). The van der Waals surface area contributed by atoms with Crippen molar-refractivity contribution in [2.75, 3.05) is 6.54 Å². The standard InChI is InChI=1S/C15H20ClNO2/c1-10-8-13(18)6-7-14(10)15(19)17-9-11-2-4-12(16)5-3-11/h6-8,11-12,18H,2-5,9H2,1H3,(H,17,19). The zero-order chi connectivity index (χ0) is 13.8. The number of aryl methyl sites for hydroxylation is 1. The highest BCUT2D eigenvalue weighted by Gasteiger charge is 2.20. The first-order valence-electron chi connectivity index (χ1n) is 6.78. The Kier molecular flexibility index (Phi) is 4.70. The third-order valence-electron chi connectivity index (χ3n) is 3.78. The number of amides is 1. The highest BCUT2D eigenvalue weighted by molar-refractivity contribution is 6.20. The van der Waals surface area contributed by atoms with Crippen molar-refractivity contribution < 1.29 is 9.90 Å². The summed E-state index contributed by atoms with van der Waals surface area (Å²) in [6, 6.07) is 4.81. The second-order valence-corrected chi connectivity index (χ2v) is 5.94. The molecule has 1 aromatic rings. The Bertz CT molecular complexity index is 453. The van der Waals surface area contributed by atoms with Crippen LogP contribution in [0.5, 0.6) is 5.75 Å². The van der Waals surface area contributed by atoms with Crippen molar-refractivity contribution >= 4 is 17.5 Å². The molecule has 1 aliphatic carbocycles. The number of alkyl halides is 1. The van der Waals surface area contributed by atoms with E-state index in [1.165, 1.54) is 0 Å². The first kappa shape index (κ1) is 14.2. The number of phenolic OH excluding ortho intramolecular Hbond substituents is 1. The third-order valence-corrected chi connectivity index (χ3v) is 4.22. The molecule has 4 heteroatoms. The molecule has 0 heterocycles. The van der Waals surface area contributed by atoms with Crippen molar-refractivity contribution in [1.82, 2.24) is 5.32 Å². The molecule has 1 amide bonds. The minimum Gasteiger partial charge on any atom is -0.508 e. The number of hydrogen-bond donors (Lipinski definition) is 2. The molecule has 1 fully saturated rings. The van der Waals surface area contributed by atoms with Crippen LogP contribution >= 0.6 is 11.6 Å². The van der Waals surface area contributed by atoms with E-state index in [0.717, 1.165) is 31.2 Å². The molecule has 3 nitrogen and oxygen atoms in total. The molecule has 0 atom stereocenters.